The number of nitrogens with one attached hydrogen (secondary N) is 1. The second-order valence-electron chi connectivity index (χ2n) is 3.67. The third-order valence-electron chi connectivity index (χ3n) is 2.08. The molecular formula is C11H16Cl2N2. The van der Waals surface area contributed by atoms with Crippen LogP contribution in [0.15, 0.2) is 18.2 Å². The molecule has 1 atom stereocenters. The molecule has 1 unspecified atom stereocenters. The smallest absolute Gasteiger partial charge is 0.0638 e. The van der Waals surface area contributed by atoms with E-state index in [9.17, 15) is 0 Å². The molecule has 0 saturated heterocycles. The third-order valence-corrected chi connectivity index (χ3v) is 2.64. The molecule has 0 aliphatic heterocycles. The highest BCUT2D eigenvalue weighted by Gasteiger charge is 2.00. The standard InChI is InChI=1S/C11H16Cl2N2/c1-8(14)3-2-6-15-11-7-9(12)4-5-10(11)13/h4-5,7-8,15H,2-3,6,14H2,1H3. The summed E-state index contributed by atoms with van der Waals surface area (Å²) in [6.07, 6.45) is 2.03. The van der Waals surface area contributed by atoms with Gasteiger partial charge in [-0.25, -0.2) is 0 Å². The van der Waals surface area contributed by atoms with Gasteiger partial charge in [0.25, 0.3) is 0 Å². The first-order valence-electron chi connectivity index (χ1n) is 5.04. The van der Waals surface area contributed by atoms with Crippen LogP contribution in [-0.2, 0) is 0 Å². The molecule has 1 rings (SSSR count). The molecule has 2 nitrogen and oxygen atoms in total. The van der Waals surface area contributed by atoms with E-state index in [-0.39, 0.29) is 6.04 Å². The van der Waals surface area contributed by atoms with E-state index in [0.29, 0.717) is 10.0 Å². The molecule has 4 heteroatoms. The Morgan fingerprint density at radius 1 is 1.40 bits per heavy atom. The predicted octanol–water partition coefficient (Wildman–Crippen LogP) is 3.53. The van der Waals surface area contributed by atoms with Crippen molar-refractivity contribution in [3.05, 3.63) is 28.2 Å². The van der Waals surface area contributed by atoms with Gasteiger partial charge in [0.15, 0.2) is 0 Å². The molecule has 0 spiro atoms. The molecule has 1 aromatic carbocycles. The Morgan fingerprint density at radius 2 is 2.13 bits per heavy atom. The van der Waals surface area contributed by atoms with Crippen molar-refractivity contribution in [3.63, 3.8) is 0 Å². The van der Waals surface area contributed by atoms with Crippen molar-refractivity contribution >= 4 is 28.9 Å². The van der Waals surface area contributed by atoms with Gasteiger partial charge in [-0.05, 0) is 38.0 Å². The topological polar surface area (TPSA) is 38.0 Å². The Labute approximate surface area is 101 Å². The summed E-state index contributed by atoms with van der Waals surface area (Å²) >= 11 is 11.9. The van der Waals surface area contributed by atoms with Crippen LogP contribution in [0.2, 0.25) is 10.0 Å². The highest BCUT2D eigenvalue weighted by atomic mass is 35.5. The van der Waals surface area contributed by atoms with E-state index in [1.165, 1.54) is 0 Å². The molecule has 1 aromatic rings. The molecule has 3 N–H and O–H groups in total. The lowest BCUT2D eigenvalue weighted by atomic mass is 10.2. The summed E-state index contributed by atoms with van der Waals surface area (Å²) in [4.78, 5) is 0. The van der Waals surface area contributed by atoms with E-state index in [1.807, 2.05) is 13.0 Å². The van der Waals surface area contributed by atoms with E-state index in [2.05, 4.69) is 5.32 Å². The monoisotopic (exact) mass is 246 g/mol. The maximum Gasteiger partial charge on any atom is 0.0638 e. The van der Waals surface area contributed by atoms with E-state index in [4.69, 9.17) is 28.9 Å². The molecule has 0 aliphatic carbocycles. The molecular weight excluding hydrogens is 231 g/mol. The van der Waals surface area contributed by atoms with Gasteiger partial charge in [-0.1, -0.05) is 23.2 Å². The summed E-state index contributed by atoms with van der Waals surface area (Å²) in [5, 5.41) is 4.62. The van der Waals surface area contributed by atoms with E-state index < -0.39 is 0 Å². The van der Waals surface area contributed by atoms with Crippen molar-refractivity contribution in [1.29, 1.82) is 0 Å². The average molecular weight is 247 g/mol. The van der Waals surface area contributed by atoms with Gasteiger partial charge in [0, 0.05) is 17.6 Å². The van der Waals surface area contributed by atoms with Gasteiger partial charge in [-0.15, -0.1) is 0 Å². The molecule has 0 aromatic heterocycles. The first kappa shape index (κ1) is 12.6. The molecule has 0 bridgehead atoms. The summed E-state index contributed by atoms with van der Waals surface area (Å²) in [6, 6.07) is 5.64. The van der Waals surface area contributed by atoms with Crippen molar-refractivity contribution in [3.8, 4) is 0 Å². The van der Waals surface area contributed by atoms with Crippen molar-refractivity contribution in [2.45, 2.75) is 25.8 Å². The Hall–Kier alpha value is -0.440. The zero-order chi connectivity index (χ0) is 11.3. The fraction of sp³-hybridized carbons (Fsp3) is 0.455. The van der Waals surface area contributed by atoms with Gasteiger partial charge >= 0.3 is 0 Å². The fourth-order valence-corrected chi connectivity index (χ4v) is 1.64. The number of anilines is 1. The van der Waals surface area contributed by atoms with Gasteiger partial charge in [-0.2, -0.15) is 0 Å². The van der Waals surface area contributed by atoms with E-state index >= 15 is 0 Å². The number of benzene rings is 1. The summed E-state index contributed by atoms with van der Waals surface area (Å²) in [6.45, 7) is 2.87. The number of nitrogens with two attached hydrogens (primary N) is 1. The van der Waals surface area contributed by atoms with Gasteiger partial charge in [0.2, 0.25) is 0 Å². The minimum Gasteiger partial charge on any atom is -0.384 e. The second kappa shape index (κ2) is 6.21. The lowest BCUT2D eigenvalue weighted by Gasteiger charge is -2.09. The zero-order valence-electron chi connectivity index (χ0n) is 8.76. The first-order chi connectivity index (χ1) is 7.09. The average Bonchev–Trinajstić information content (AvgIpc) is 2.17. The summed E-state index contributed by atoms with van der Waals surface area (Å²) < 4.78 is 0. The molecule has 0 aliphatic rings. The number of hydrogen-bond acceptors (Lipinski definition) is 2. The van der Waals surface area contributed by atoms with Crippen molar-refractivity contribution in [1.82, 2.24) is 0 Å². The Balaban J connectivity index is 2.40. The van der Waals surface area contributed by atoms with Crippen LogP contribution in [0.4, 0.5) is 5.69 Å². The van der Waals surface area contributed by atoms with Crippen molar-refractivity contribution < 1.29 is 0 Å². The SMILES string of the molecule is CC(N)CCCNc1cc(Cl)ccc1Cl. The van der Waals surface area contributed by atoms with Crippen LogP contribution in [0.3, 0.4) is 0 Å². The third kappa shape index (κ3) is 4.74. The van der Waals surface area contributed by atoms with Crippen LogP contribution in [0, 0.1) is 0 Å². The Bertz CT molecular complexity index is 313. The molecule has 0 radical (unpaired) electrons. The summed E-state index contributed by atoms with van der Waals surface area (Å²) in [5.74, 6) is 0. The quantitative estimate of drug-likeness (QED) is 0.781. The van der Waals surface area contributed by atoms with Crippen LogP contribution >= 0.6 is 23.2 Å². The van der Waals surface area contributed by atoms with Gasteiger partial charge in [-0.3, -0.25) is 0 Å². The van der Waals surface area contributed by atoms with Gasteiger partial charge < -0.3 is 11.1 Å². The first-order valence-corrected chi connectivity index (χ1v) is 5.79. The molecule has 0 heterocycles. The normalized spacial score (nSPS) is 12.5. The predicted molar refractivity (Wildman–Crippen MR) is 67.8 cm³/mol. The van der Waals surface area contributed by atoms with Gasteiger partial charge in [0.05, 0.1) is 10.7 Å². The molecule has 84 valence electrons. The second-order valence-corrected chi connectivity index (χ2v) is 4.51. The maximum atomic E-state index is 5.99. The highest BCUT2D eigenvalue weighted by Crippen LogP contribution is 2.25. The minimum absolute atomic E-state index is 0.252. The molecule has 0 fully saturated rings. The molecule has 0 amide bonds. The van der Waals surface area contributed by atoms with Crippen LogP contribution in [-0.4, -0.2) is 12.6 Å². The number of halogens is 2. The van der Waals surface area contributed by atoms with Crippen LogP contribution in [0.25, 0.3) is 0 Å². The number of hydrogen-bond donors (Lipinski definition) is 2. The Kier molecular flexibility index (Phi) is 5.23. The van der Waals surface area contributed by atoms with E-state index in [0.717, 1.165) is 25.1 Å². The molecule has 0 saturated carbocycles. The van der Waals surface area contributed by atoms with Crippen LogP contribution in [0.5, 0.6) is 0 Å². The zero-order valence-corrected chi connectivity index (χ0v) is 10.3. The van der Waals surface area contributed by atoms with Crippen LogP contribution in [0.1, 0.15) is 19.8 Å². The largest absolute Gasteiger partial charge is 0.384 e. The summed E-state index contributed by atoms with van der Waals surface area (Å²) in [5.41, 5.74) is 6.53. The van der Waals surface area contributed by atoms with Crippen molar-refractivity contribution in [2.24, 2.45) is 5.73 Å². The van der Waals surface area contributed by atoms with Crippen LogP contribution < -0.4 is 11.1 Å². The van der Waals surface area contributed by atoms with Crippen molar-refractivity contribution in [2.75, 3.05) is 11.9 Å². The molecule has 15 heavy (non-hydrogen) atoms. The Morgan fingerprint density at radius 3 is 2.80 bits per heavy atom. The van der Waals surface area contributed by atoms with E-state index in [1.54, 1.807) is 12.1 Å². The van der Waals surface area contributed by atoms with Gasteiger partial charge in [0.1, 0.15) is 0 Å². The fourth-order valence-electron chi connectivity index (χ4n) is 1.28. The minimum atomic E-state index is 0.252. The number of rotatable bonds is 5. The highest BCUT2D eigenvalue weighted by molar-refractivity contribution is 6.35. The summed E-state index contributed by atoms with van der Waals surface area (Å²) in [7, 11) is 0. The lowest BCUT2D eigenvalue weighted by Crippen LogP contribution is -2.16. The lowest BCUT2D eigenvalue weighted by molar-refractivity contribution is 0.639. The maximum absolute atomic E-state index is 5.99.